The van der Waals surface area contributed by atoms with E-state index >= 15 is 0 Å². The number of allylic oxidation sites excluding steroid dienone is 2. The summed E-state index contributed by atoms with van der Waals surface area (Å²) >= 11 is 0. The minimum atomic E-state index is -0.513. The third-order valence-corrected chi connectivity index (χ3v) is 2.40. The number of aliphatic imine (C=N–C) groups is 1. The van der Waals surface area contributed by atoms with Gasteiger partial charge in [-0.3, -0.25) is 4.99 Å². The predicted molar refractivity (Wildman–Crippen MR) is 75.8 cm³/mol. The number of hydrogen-bond acceptors (Lipinski definition) is 4. The summed E-state index contributed by atoms with van der Waals surface area (Å²) in [6.45, 7) is 3.70. The highest BCUT2D eigenvalue weighted by Crippen LogP contribution is 2.15. The summed E-state index contributed by atoms with van der Waals surface area (Å²) in [6, 6.07) is 6.32. The van der Waals surface area contributed by atoms with Gasteiger partial charge in [-0.2, -0.15) is 4.39 Å². The van der Waals surface area contributed by atoms with Crippen molar-refractivity contribution < 1.29 is 4.39 Å². The average molecular weight is 256 g/mol. The fourth-order valence-electron chi connectivity index (χ4n) is 1.52. The Hall–Kier alpha value is -2.56. The van der Waals surface area contributed by atoms with Crippen LogP contribution in [0.2, 0.25) is 0 Å². The number of rotatable bonds is 4. The van der Waals surface area contributed by atoms with Crippen LogP contribution >= 0.6 is 0 Å². The van der Waals surface area contributed by atoms with Gasteiger partial charge < -0.3 is 5.32 Å². The number of anilines is 1. The maximum absolute atomic E-state index is 12.9. The van der Waals surface area contributed by atoms with Crippen molar-refractivity contribution in [1.29, 1.82) is 0 Å². The number of nitrogens with zero attached hydrogens (tertiary/aromatic N) is 3. The minimum absolute atomic E-state index is 0.513. The van der Waals surface area contributed by atoms with Crippen LogP contribution in [0.25, 0.3) is 11.0 Å². The highest BCUT2D eigenvalue weighted by Gasteiger charge is 2.01. The number of fused-ring (bicyclic) bond motifs is 1. The van der Waals surface area contributed by atoms with E-state index in [9.17, 15) is 4.39 Å². The molecule has 0 bridgehead atoms. The van der Waals surface area contributed by atoms with Gasteiger partial charge in [0, 0.05) is 19.0 Å². The monoisotopic (exact) mass is 256 g/mol. The minimum Gasteiger partial charge on any atom is -0.340 e. The van der Waals surface area contributed by atoms with Crippen LogP contribution in [0.15, 0.2) is 53.7 Å². The first-order chi connectivity index (χ1) is 9.22. The van der Waals surface area contributed by atoms with Gasteiger partial charge in [0.05, 0.1) is 11.0 Å². The summed E-state index contributed by atoms with van der Waals surface area (Å²) in [6.07, 6.45) is 5.10. The summed E-state index contributed by atoms with van der Waals surface area (Å²) in [5.41, 5.74) is 1.91. The molecule has 0 saturated heterocycles. The van der Waals surface area contributed by atoms with Crippen LogP contribution in [0.3, 0.4) is 0 Å². The molecule has 0 unspecified atom stereocenters. The fraction of sp³-hybridized carbons (Fsp3) is 0.0714. The van der Waals surface area contributed by atoms with E-state index in [2.05, 4.69) is 26.9 Å². The van der Waals surface area contributed by atoms with Gasteiger partial charge in [0.2, 0.25) is 5.95 Å². The lowest BCUT2D eigenvalue weighted by Gasteiger charge is -2.06. The van der Waals surface area contributed by atoms with Crippen molar-refractivity contribution in [2.75, 3.05) is 12.4 Å². The van der Waals surface area contributed by atoms with Crippen molar-refractivity contribution in [2.24, 2.45) is 4.99 Å². The van der Waals surface area contributed by atoms with Crippen LogP contribution in [-0.2, 0) is 0 Å². The molecule has 0 aromatic carbocycles. The van der Waals surface area contributed by atoms with Crippen molar-refractivity contribution in [3.63, 3.8) is 0 Å². The summed E-state index contributed by atoms with van der Waals surface area (Å²) in [4.78, 5) is 12.0. The fourth-order valence-corrected chi connectivity index (χ4v) is 1.52. The van der Waals surface area contributed by atoms with Gasteiger partial charge in [-0.05, 0) is 36.4 Å². The second-order valence-electron chi connectivity index (χ2n) is 3.73. The normalized spacial score (nSPS) is 12.0. The van der Waals surface area contributed by atoms with E-state index in [0.717, 1.165) is 5.70 Å². The van der Waals surface area contributed by atoms with Gasteiger partial charge in [-0.25, -0.2) is 9.97 Å². The molecule has 2 aromatic heterocycles. The predicted octanol–water partition coefficient (Wildman–Crippen LogP) is 2.95. The first-order valence-corrected chi connectivity index (χ1v) is 5.68. The highest BCUT2D eigenvalue weighted by molar-refractivity contribution is 5.77. The van der Waals surface area contributed by atoms with E-state index in [4.69, 9.17) is 0 Å². The number of halogens is 1. The molecule has 0 aliphatic carbocycles. The molecule has 0 radical (unpaired) electrons. The molecule has 96 valence electrons. The number of aromatic nitrogens is 2. The van der Waals surface area contributed by atoms with Gasteiger partial charge in [0.25, 0.3) is 0 Å². The smallest absolute Gasteiger partial charge is 0.213 e. The molecule has 0 aliphatic heterocycles. The summed E-state index contributed by atoms with van der Waals surface area (Å²) in [7, 11) is 1.69. The lowest BCUT2D eigenvalue weighted by Crippen LogP contribution is -2.00. The summed E-state index contributed by atoms with van der Waals surface area (Å²) < 4.78 is 12.9. The van der Waals surface area contributed by atoms with E-state index in [-0.39, 0.29) is 0 Å². The summed E-state index contributed by atoms with van der Waals surface area (Å²) in [5.74, 6) is 0.123. The molecule has 0 saturated carbocycles. The third kappa shape index (κ3) is 3.22. The quantitative estimate of drug-likeness (QED) is 0.520. The van der Waals surface area contributed by atoms with Crippen LogP contribution in [0, 0.1) is 5.95 Å². The Morgan fingerprint density at radius 2 is 2.00 bits per heavy atom. The molecule has 0 atom stereocenters. The maximum atomic E-state index is 12.9. The van der Waals surface area contributed by atoms with E-state index in [1.165, 1.54) is 6.07 Å². The molecule has 1 N–H and O–H groups in total. The zero-order chi connectivity index (χ0) is 13.7. The zero-order valence-electron chi connectivity index (χ0n) is 10.5. The van der Waals surface area contributed by atoms with Crippen molar-refractivity contribution >= 4 is 23.1 Å². The molecule has 2 rings (SSSR count). The van der Waals surface area contributed by atoms with E-state index in [1.54, 1.807) is 43.6 Å². The van der Waals surface area contributed by atoms with E-state index in [0.29, 0.717) is 16.9 Å². The van der Waals surface area contributed by atoms with E-state index in [1.807, 2.05) is 0 Å². The second-order valence-corrected chi connectivity index (χ2v) is 3.73. The summed E-state index contributed by atoms with van der Waals surface area (Å²) in [5, 5.41) is 3.09. The molecule has 0 spiro atoms. The molecule has 2 heterocycles. The van der Waals surface area contributed by atoms with Gasteiger partial charge in [-0.1, -0.05) is 6.58 Å². The van der Waals surface area contributed by atoms with Gasteiger partial charge in [0.1, 0.15) is 5.82 Å². The van der Waals surface area contributed by atoms with E-state index < -0.39 is 5.95 Å². The van der Waals surface area contributed by atoms with Crippen molar-refractivity contribution in [3.8, 4) is 0 Å². The maximum Gasteiger partial charge on any atom is 0.213 e. The lowest BCUT2D eigenvalue weighted by atomic mass is 10.3. The average Bonchev–Trinajstić information content (AvgIpc) is 2.43. The highest BCUT2D eigenvalue weighted by atomic mass is 19.1. The molecule has 0 amide bonds. The molecular formula is C14H13FN4. The van der Waals surface area contributed by atoms with Crippen molar-refractivity contribution in [3.05, 3.63) is 54.6 Å². The van der Waals surface area contributed by atoms with Gasteiger partial charge in [-0.15, -0.1) is 0 Å². The van der Waals surface area contributed by atoms with Crippen LogP contribution in [-0.4, -0.2) is 23.2 Å². The Morgan fingerprint density at radius 3 is 2.74 bits per heavy atom. The number of hydrogen-bond donors (Lipinski definition) is 1. The Morgan fingerprint density at radius 1 is 1.26 bits per heavy atom. The van der Waals surface area contributed by atoms with Crippen LogP contribution in [0.4, 0.5) is 10.2 Å². The largest absolute Gasteiger partial charge is 0.340 e. The first-order valence-electron chi connectivity index (χ1n) is 5.68. The molecule has 4 nitrogen and oxygen atoms in total. The second kappa shape index (κ2) is 5.86. The van der Waals surface area contributed by atoms with Crippen LogP contribution in [0.5, 0.6) is 0 Å². The van der Waals surface area contributed by atoms with Gasteiger partial charge >= 0.3 is 0 Å². The molecule has 0 aliphatic rings. The SMILES string of the molecule is C=C/C(=C\C=N/C)Nc1ccc2nc(F)ccc2n1. The molecular weight excluding hydrogens is 243 g/mol. The standard InChI is InChI=1S/C14H13FN4/c1-3-10(8-9-16-2)17-14-7-5-11-12(19-14)4-6-13(15)18-11/h3-9H,1H2,2H3,(H,17,19)/b10-8+,16-9-. The Kier molecular flexibility index (Phi) is 3.97. The van der Waals surface area contributed by atoms with Crippen molar-refractivity contribution in [2.45, 2.75) is 0 Å². The van der Waals surface area contributed by atoms with Crippen LogP contribution in [0.1, 0.15) is 0 Å². The van der Waals surface area contributed by atoms with Gasteiger partial charge in [0.15, 0.2) is 0 Å². The Balaban J connectivity index is 2.31. The molecule has 19 heavy (non-hydrogen) atoms. The van der Waals surface area contributed by atoms with Crippen molar-refractivity contribution in [1.82, 2.24) is 9.97 Å². The molecule has 5 heteroatoms. The number of nitrogens with one attached hydrogen (secondary N) is 1. The first kappa shape index (κ1) is 12.9. The molecule has 2 aromatic rings. The lowest BCUT2D eigenvalue weighted by molar-refractivity contribution is 0.589. The van der Waals surface area contributed by atoms with Crippen LogP contribution < -0.4 is 5.32 Å². The Bertz CT molecular complexity index is 662. The number of pyridine rings is 2. The third-order valence-electron chi connectivity index (χ3n) is 2.40. The topological polar surface area (TPSA) is 50.2 Å². The molecule has 0 fully saturated rings. The zero-order valence-corrected chi connectivity index (χ0v) is 10.5. The Labute approximate surface area is 110 Å².